The van der Waals surface area contributed by atoms with E-state index in [0.29, 0.717) is 11.6 Å². The Balaban J connectivity index is 1.38. The number of hydrogen-bond donors (Lipinski definition) is 1. The van der Waals surface area contributed by atoms with Crippen LogP contribution in [0.1, 0.15) is 44.5 Å². The zero-order valence-electron chi connectivity index (χ0n) is 16.6. The molecule has 1 aliphatic rings. The number of nitrogens with one attached hydrogen (secondary N) is 1. The number of nitrogens with zero attached hydrogens (tertiary/aromatic N) is 2. The lowest BCUT2D eigenvalue weighted by Gasteiger charge is -2.16. The van der Waals surface area contributed by atoms with Gasteiger partial charge in [0.2, 0.25) is 5.91 Å². The zero-order valence-corrected chi connectivity index (χ0v) is 17.4. The highest BCUT2D eigenvalue weighted by Gasteiger charge is 2.31. The third-order valence-corrected chi connectivity index (χ3v) is 5.49. The Hall–Kier alpha value is -2.53. The molecule has 4 rings (SSSR count). The molecule has 1 amide bonds. The van der Waals surface area contributed by atoms with Gasteiger partial charge in [-0.2, -0.15) is 0 Å². The standard InChI is InChI=1S/C23H26ClN3O2/c1-16(25-23(28)17-8-9-17)22-26-20-6-2-3-7-21(20)27(22)14-4-5-15-29-19-12-10-18(24)11-13-19/h2-3,6-7,10-13,16-17H,4-5,8-9,14-15H2,1H3,(H,25,28). The highest BCUT2D eigenvalue weighted by molar-refractivity contribution is 6.30. The lowest BCUT2D eigenvalue weighted by molar-refractivity contribution is -0.123. The molecular formula is C23H26ClN3O2. The van der Waals surface area contributed by atoms with E-state index in [4.69, 9.17) is 21.3 Å². The van der Waals surface area contributed by atoms with Crippen LogP contribution in [-0.4, -0.2) is 22.1 Å². The number of imidazole rings is 1. The smallest absolute Gasteiger partial charge is 0.223 e. The van der Waals surface area contributed by atoms with Gasteiger partial charge in [-0.3, -0.25) is 4.79 Å². The van der Waals surface area contributed by atoms with Crippen molar-refractivity contribution in [1.29, 1.82) is 0 Å². The SMILES string of the molecule is CC(NC(=O)C1CC1)c1nc2ccccc2n1CCCCOc1ccc(Cl)cc1. The summed E-state index contributed by atoms with van der Waals surface area (Å²) < 4.78 is 8.02. The molecule has 6 heteroatoms. The van der Waals surface area contributed by atoms with Crippen LogP contribution in [0, 0.1) is 5.92 Å². The number of halogens is 1. The highest BCUT2D eigenvalue weighted by atomic mass is 35.5. The van der Waals surface area contributed by atoms with Crippen molar-refractivity contribution in [2.24, 2.45) is 5.92 Å². The van der Waals surface area contributed by atoms with Crippen LogP contribution in [-0.2, 0) is 11.3 Å². The van der Waals surface area contributed by atoms with Gasteiger partial charge in [0.25, 0.3) is 0 Å². The summed E-state index contributed by atoms with van der Waals surface area (Å²) in [6, 6.07) is 15.5. The maximum absolute atomic E-state index is 12.2. The molecular weight excluding hydrogens is 386 g/mol. The first-order valence-corrected chi connectivity index (χ1v) is 10.6. The van der Waals surface area contributed by atoms with Crippen molar-refractivity contribution in [1.82, 2.24) is 14.9 Å². The first kappa shape index (κ1) is 19.8. The first-order chi connectivity index (χ1) is 14.1. The monoisotopic (exact) mass is 411 g/mol. The van der Waals surface area contributed by atoms with E-state index < -0.39 is 0 Å². The number of rotatable bonds is 9. The van der Waals surface area contributed by atoms with E-state index >= 15 is 0 Å². The number of hydrogen-bond acceptors (Lipinski definition) is 3. The predicted molar refractivity (Wildman–Crippen MR) is 115 cm³/mol. The number of benzene rings is 2. The molecule has 1 N–H and O–H groups in total. The van der Waals surface area contributed by atoms with Crippen LogP contribution in [0.2, 0.25) is 5.02 Å². The predicted octanol–water partition coefficient (Wildman–Crippen LogP) is 5.14. The summed E-state index contributed by atoms with van der Waals surface area (Å²) in [6.07, 6.45) is 3.90. The molecule has 1 aromatic heterocycles. The maximum Gasteiger partial charge on any atom is 0.223 e. The van der Waals surface area contributed by atoms with E-state index in [9.17, 15) is 4.79 Å². The Kier molecular flexibility index (Phi) is 6.05. The van der Waals surface area contributed by atoms with Gasteiger partial charge in [0, 0.05) is 17.5 Å². The van der Waals surface area contributed by atoms with E-state index in [1.54, 1.807) is 0 Å². The summed E-state index contributed by atoms with van der Waals surface area (Å²) in [5.74, 6) is 2.09. The number of unbranched alkanes of at least 4 members (excludes halogenated alkanes) is 1. The average molecular weight is 412 g/mol. The van der Waals surface area contributed by atoms with Gasteiger partial charge in [-0.25, -0.2) is 4.98 Å². The number of carbonyl (C=O) groups is 1. The molecule has 0 radical (unpaired) electrons. The second-order valence-electron chi connectivity index (χ2n) is 7.62. The van der Waals surface area contributed by atoms with Crippen LogP contribution in [0.3, 0.4) is 0 Å². The van der Waals surface area contributed by atoms with E-state index in [-0.39, 0.29) is 17.9 Å². The number of fused-ring (bicyclic) bond motifs is 1. The van der Waals surface area contributed by atoms with Crippen molar-refractivity contribution in [3.05, 3.63) is 59.4 Å². The minimum Gasteiger partial charge on any atom is -0.494 e. The third-order valence-electron chi connectivity index (χ3n) is 5.24. The molecule has 5 nitrogen and oxygen atoms in total. The fraction of sp³-hybridized carbons (Fsp3) is 0.391. The summed E-state index contributed by atoms with van der Waals surface area (Å²) in [5.41, 5.74) is 2.07. The van der Waals surface area contributed by atoms with Crippen molar-refractivity contribution in [3.8, 4) is 5.75 Å². The summed E-state index contributed by atoms with van der Waals surface area (Å²) in [5, 5.41) is 3.84. The number of ether oxygens (including phenoxy) is 1. The molecule has 1 saturated carbocycles. The summed E-state index contributed by atoms with van der Waals surface area (Å²) in [6.45, 7) is 3.50. The van der Waals surface area contributed by atoms with Gasteiger partial charge < -0.3 is 14.6 Å². The maximum atomic E-state index is 12.2. The molecule has 1 aliphatic carbocycles. The van der Waals surface area contributed by atoms with Gasteiger partial charge in [0.1, 0.15) is 11.6 Å². The quantitative estimate of drug-likeness (QED) is 0.496. The topological polar surface area (TPSA) is 56.2 Å². The summed E-state index contributed by atoms with van der Waals surface area (Å²) >= 11 is 5.90. The number of para-hydroxylation sites is 2. The largest absolute Gasteiger partial charge is 0.494 e. The summed E-state index contributed by atoms with van der Waals surface area (Å²) in [7, 11) is 0. The number of aromatic nitrogens is 2. The number of aryl methyl sites for hydroxylation is 1. The minimum atomic E-state index is -0.110. The van der Waals surface area contributed by atoms with Gasteiger partial charge in [0.05, 0.1) is 23.7 Å². The van der Waals surface area contributed by atoms with Crippen LogP contribution >= 0.6 is 11.6 Å². The Morgan fingerprint density at radius 1 is 1.21 bits per heavy atom. The number of amides is 1. The molecule has 2 aromatic carbocycles. The van der Waals surface area contributed by atoms with E-state index in [1.807, 2.05) is 49.4 Å². The molecule has 0 saturated heterocycles. The van der Waals surface area contributed by atoms with Gasteiger partial charge in [-0.1, -0.05) is 23.7 Å². The Bertz CT molecular complexity index is 979. The van der Waals surface area contributed by atoms with E-state index in [0.717, 1.165) is 54.8 Å². The Labute approximate surface area is 176 Å². The molecule has 1 atom stereocenters. The Morgan fingerprint density at radius 2 is 1.97 bits per heavy atom. The lowest BCUT2D eigenvalue weighted by atomic mass is 10.2. The molecule has 152 valence electrons. The van der Waals surface area contributed by atoms with Crippen molar-refractivity contribution >= 4 is 28.5 Å². The van der Waals surface area contributed by atoms with Gasteiger partial charge >= 0.3 is 0 Å². The highest BCUT2D eigenvalue weighted by Crippen LogP contribution is 2.30. The average Bonchev–Trinajstić information content (AvgIpc) is 3.51. The van der Waals surface area contributed by atoms with Crippen molar-refractivity contribution in [3.63, 3.8) is 0 Å². The third kappa shape index (κ3) is 4.91. The lowest BCUT2D eigenvalue weighted by Crippen LogP contribution is -2.29. The first-order valence-electron chi connectivity index (χ1n) is 10.3. The van der Waals surface area contributed by atoms with Gasteiger partial charge in [-0.15, -0.1) is 0 Å². The van der Waals surface area contributed by atoms with Gasteiger partial charge in [0.15, 0.2) is 0 Å². The summed E-state index contributed by atoms with van der Waals surface area (Å²) in [4.78, 5) is 17.0. The van der Waals surface area contributed by atoms with E-state index in [1.165, 1.54) is 0 Å². The normalized spacial score (nSPS) is 14.7. The Morgan fingerprint density at radius 3 is 2.72 bits per heavy atom. The molecule has 1 unspecified atom stereocenters. The minimum absolute atomic E-state index is 0.110. The van der Waals surface area contributed by atoms with Crippen LogP contribution in [0.25, 0.3) is 11.0 Å². The van der Waals surface area contributed by atoms with Crippen molar-refractivity contribution in [2.75, 3.05) is 6.61 Å². The molecule has 0 aliphatic heterocycles. The van der Waals surface area contributed by atoms with E-state index in [2.05, 4.69) is 16.0 Å². The van der Waals surface area contributed by atoms with Crippen LogP contribution in [0.15, 0.2) is 48.5 Å². The molecule has 0 spiro atoms. The van der Waals surface area contributed by atoms with Crippen LogP contribution in [0.4, 0.5) is 0 Å². The fourth-order valence-corrected chi connectivity index (χ4v) is 3.62. The second-order valence-corrected chi connectivity index (χ2v) is 8.06. The fourth-order valence-electron chi connectivity index (χ4n) is 3.49. The van der Waals surface area contributed by atoms with Crippen molar-refractivity contribution < 1.29 is 9.53 Å². The van der Waals surface area contributed by atoms with Gasteiger partial charge in [-0.05, 0) is 69.0 Å². The molecule has 1 fully saturated rings. The number of carbonyl (C=O) groups excluding carboxylic acids is 1. The molecule has 1 heterocycles. The van der Waals surface area contributed by atoms with Crippen LogP contribution < -0.4 is 10.1 Å². The molecule has 0 bridgehead atoms. The second kappa shape index (κ2) is 8.87. The molecule has 29 heavy (non-hydrogen) atoms. The van der Waals surface area contributed by atoms with Crippen molar-refractivity contribution in [2.45, 2.75) is 45.2 Å². The molecule has 3 aromatic rings. The van der Waals surface area contributed by atoms with Crippen LogP contribution in [0.5, 0.6) is 5.75 Å². The zero-order chi connectivity index (χ0) is 20.2.